The fraction of sp³-hybridized carbons (Fsp3) is 0.154. The van der Waals surface area contributed by atoms with Crippen molar-refractivity contribution in [3.8, 4) is 5.75 Å². The number of hydrogen-bond acceptors (Lipinski definition) is 3. The molecule has 16 heavy (non-hydrogen) atoms. The van der Waals surface area contributed by atoms with Gasteiger partial charge in [-0.25, -0.2) is 0 Å². The summed E-state index contributed by atoms with van der Waals surface area (Å²) in [6.07, 6.45) is 1.86. The molecule has 3 heteroatoms. The molecule has 2 N–H and O–H groups in total. The first kappa shape index (κ1) is 10.5. The van der Waals surface area contributed by atoms with Crippen molar-refractivity contribution >= 4 is 5.69 Å². The predicted molar refractivity (Wildman–Crippen MR) is 64.4 cm³/mol. The summed E-state index contributed by atoms with van der Waals surface area (Å²) in [5.41, 5.74) is 3.14. The van der Waals surface area contributed by atoms with E-state index in [1.54, 1.807) is 12.1 Å². The lowest BCUT2D eigenvalue weighted by Crippen LogP contribution is -1.99. The van der Waals surface area contributed by atoms with Crippen LogP contribution in [-0.4, -0.2) is 10.1 Å². The zero-order chi connectivity index (χ0) is 11.4. The van der Waals surface area contributed by atoms with E-state index >= 15 is 0 Å². The van der Waals surface area contributed by atoms with E-state index in [0.717, 1.165) is 23.5 Å². The number of phenols is 1. The van der Waals surface area contributed by atoms with E-state index in [1.165, 1.54) is 0 Å². The Morgan fingerprint density at radius 2 is 1.88 bits per heavy atom. The number of aryl methyl sites for hydroxylation is 1. The Kier molecular flexibility index (Phi) is 3.05. The summed E-state index contributed by atoms with van der Waals surface area (Å²) in [5, 5.41) is 12.4. The van der Waals surface area contributed by atoms with Crippen LogP contribution in [0.4, 0.5) is 5.69 Å². The molecule has 1 heterocycles. The molecule has 82 valence electrons. The van der Waals surface area contributed by atoms with E-state index in [2.05, 4.69) is 16.4 Å². The van der Waals surface area contributed by atoms with E-state index in [4.69, 9.17) is 5.11 Å². The van der Waals surface area contributed by atoms with E-state index in [9.17, 15) is 0 Å². The highest BCUT2D eigenvalue weighted by Crippen LogP contribution is 2.14. The van der Waals surface area contributed by atoms with Crippen LogP contribution in [0.3, 0.4) is 0 Å². The van der Waals surface area contributed by atoms with Crippen LogP contribution in [0.25, 0.3) is 0 Å². The molecule has 0 aliphatic heterocycles. The van der Waals surface area contributed by atoms with Gasteiger partial charge in [0.2, 0.25) is 0 Å². The predicted octanol–water partition coefficient (Wildman–Crippen LogP) is 2.71. The molecule has 1 aromatic carbocycles. The van der Waals surface area contributed by atoms with Crippen LogP contribution >= 0.6 is 0 Å². The second-order valence-electron chi connectivity index (χ2n) is 3.71. The maximum Gasteiger partial charge on any atom is 0.115 e. The van der Waals surface area contributed by atoms with Gasteiger partial charge in [0.05, 0.1) is 0 Å². The molecular formula is C13H14N2O. The number of hydrogen-bond donors (Lipinski definition) is 2. The molecule has 0 amide bonds. The summed E-state index contributed by atoms with van der Waals surface area (Å²) < 4.78 is 0. The molecule has 0 spiro atoms. The zero-order valence-corrected chi connectivity index (χ0v) is 9.14. The second kappa shape index (κ2) is 4.66. The van der Waals surface area contributed by atoms with Crippen molar-refractivity contribution in [2.75, 3.05) is 5.32 Å². The number of nitrogens with zero attached hydrogens (tertiary/aromatic N) is 1. The number of aromatic nitrogens is 1. The van der Waals surface area contributed by atoms with Crippen molar-refractivity contribution in [2.24, 2.45) is 0 Å². The maximum atomic E-state index is 9.13. The number of pyridine rings is 1. The number of aromatic hydroxyl groups is 1. The van der Waals surface area contributed by atoms with Crippen molar-refractivity contribution in [1.29, 1.82) is 0 Å². The molecule has 2 aromatic rings. The Balaban J connectivity index is 1.97. The van der Waals surface area contributed by atoms with Crippen LogP contribution in [0.15, 0.2) is 42.6 Å². The Morgan fingerprint density at radius 1 is 1.12 bits per heavy atom. The van der Waals surface area contributed by atoms with Crippen LogP contribution in [-0.2, 0) is 6.54 Å². The molecule has 0 saturated carbocycles. The number of nitrogens with one attached hydrogen (secondary N) is 1. The lowest BCUT2D eigenvalue weighted by atomic mass is 10.2. The number of rotatable bonds is 3. The summed E-state index contributed by atoms with van der Waals surface area (Å²) >= 11 is 0. The van der Waals surface area contributed by atoms with Gasteiger partial charge >= 0.3 is 0 Å². The molecule has 0 radical (unpaired) electrons. The zero-order valence-electron chi connectivity index (χ0n) is 9.14. The Morgan fingerprint density at radius 3 is 2.50 bits per heavy atom. The summed E-state index contributed by atoms with van der Waals surface area (Å²) in [6.45, 7) is 2.70. The minimum absolute atomic E-state index is 0.280. The molecule has 3 nitrogen and oxygen atoms in total. The highest BCUT2D eigenvalue weighted by atomic mass is 16.3. The van der Waals surface area contributed by atoms with Crippen LogP contribution in [0.5, 0.6) is 5.75 Å². The SMILES string of the molecule is Cc1ccc(CNc2ccc(O)cc2)cn1. The first-order chi connectivity index (χ1) is 7.74. The third kappa shape index (κ3) is 2.73. The van der Waals surface area contributed by atoms with Gasteiger partial charge in [0, 0.05) is 24.1 Å². The normalized spacial score (nSPS) is 10.1. The third-order valence-corrected chi connectivity index (χ3v) is 2.34. The fourth-order valence-electron chi connectivity index (χ4n) is 1.39. The lowest BCUT2D eigenvalue weighted by Gasteiger charge is -2.06. The minimum Gasteiger partial charge on any atom is -0.508 e. The number of benzene rings is 1. The number of anilines is 1. The van der Waals surface area contributed by atoms with Gasteiger partial charge in [-0.05, 0) is 42.8 Å². The summed E-state index contributed by atoms with van der Waals surface area (Å²) in [4.78, 5) is 4.23. The van der Waals surface area contributed by atoms with Crippen LogP contribution in [0.2, 0.25) is 0 Å². The fourth-order valence-corrected chi connectivity index (χ4v) is 1.39. The summed E-state index contributed by atoms with van der Waals surface area (Å²) in [5.74, 6) is 0.280. The molecule has 0 fully saturated rings. The molecule has 2 rings (SSSR count). The topological polar surface area (TPSA) is 45.1 Å². The van der Waals surface area contributed by atoms with Crippen molar-refractivity contribution in [1.82, 2.24) is 4.98 Å². The van der Waals surface area contributed by atoms with Crippen molar-refractivity contribution < 1.29 is 5.11 Å². The van der Waals surface area contributed by atoms with Gasteiger partial charge in [-0.15, -0.1) is 0 Å². The van der Waals surface area contributed by atoms with Gasteiger partial charge in [-0.3, -0.25) is 4.98 Å². The van der Waals surface area contributed by atoms with Gasteiger partial charge in [0.15, 0.2) is 0 Å². The van der Waals surface area contributed by atoms with Gasteiger partial charge in [-0.2, -0.15) is 0 Å². The van der Waals surface area contributed by atoms with Gasteiger partial charge in [-0.1, -0.05) is 6.07 Å². The molecule has 0 unspecified atom stereocenters. The third-order valence-electron chi connectivity index (χ3n) is 2.34. The van der Waals surface area contributed by atoms with Crippen molar-refractivity contribution in [3.05, 3.63) is 53.9 Å². The van der Waals surface area contributed by atoms with Gasteiger partial charge in [0.1, 0.15) is 5.75 Å². The van der Waals surface area contributed by atoms with Crippen LogP contribution in [0.1, 0.15) is 11.3 Å². The molecule has 0 bridgehead atoms. The molecular weight excluding hydrogens is 200 g/mol. The first-order valence-corrected chi connectivity index (χ1v) is 5.18. The van der Waals surface area contributed by atoms with Gasteiger partial charge in [0.25, 0.3) is 0 Å². The lowest BCUT2D eigenvalue weighted by molar-refractivity contribution is 0.475. The molecule has 0 saturated heterocycles. The van der Waals surface area contributed by atoms with E-state index in [0.29, 0.717) is 0 Å². The monoisotopic (exact) mass is 214 g/mol. The highest BCUT2D eigenvalue weighted by Gasteiger charge is 1.95. The smallest absolute Gasteiger partial charge is 0.115 e. The largest absolute Gasteiger partial charge is 0.508 e. The Bertz CT molecular complexity index is 403. The molecule has 1 aromatic heterocycles. The first-order valence-electron chi connectivity index (χ1n) is 5.18. The molecule has 0 aliphatic carbocycles. The average molecular weight is 214 g/mol. The maximum absolute atomic E-state index is 9.13. The molecule has 0 aliphatic rings. The summed E-state index contributed by atoms with van der Waals surface area (Å²) in [7, 11) is 0. The number of phenolic OH excluding ortho intramolecular Hbond substituents is 1. The van der Waals surface area contributed by atoms with Crippen molar-refractivity contribution in [2.45, 2.75) is 13.5 Å². The van der Waals surface area contributed by atoms with Crippen LogP contribution in [0, 0.1) is 6.92 Å². The van der Waals surface area contributed by atoms with E-state index < -0.39 is 0 Å². The highest BCUT2D eigenvalue weighted by molar-refractivity contribution is 5.46. The average Bonchev–Trinajstić information content (AvgIpc) is 2.30. The Hall–Kier alpha value is -2.03. The van der Waals surface area contributed by atoms with E-state index in [-0.39, 0.29) is 5.75 Å². The Labute approximate surface area is 94.8 Å². The van der Waals surface area contributed by atoms with E-state index in [1.807, 2.05) is 31.3 Å². The van der Waals surface area contributed by atoms with Gasteiger partial charge < -0.3 is 10.4 Å². The van der Waals surface area contributed by atoms with Crippen molar-refractivity contribution in [3.63, 3.8) is 0 Å². The second-order valence-corrected chi connectivity index (χ2v) is 3.71. The quantitative estimate of drug-likeness (QED) is 0.772. The summed E-state index contributed by atoms with van der Waals surface area (Å²) in [6, 6.07) is 11.1. The minimum atomic E-state index is 0.280. The standard InChI is InChI=1S/C13H14N2O/c1-10-2-3-11(8-14-10)9-15-12-4-6-13(16)7-5-12/h2-8,15-16H,9H2,1H3. The molecule has 0 atom stereocenters. The van der Waals surface area contributed by atoms with Crippen LogP contribution < -0.4 is 5.32 Å².